The Labute approximate surface area is 92.5 Å². The second kappa shape index (κ2) is 6.62. The van der Waals surface area contributed by atoms with Crippen LogP contribution in [0.5, 0.6) is 0 Å². The standard InChI is InChI=1S/C12H22N2O/c1-3-9-13-10-12(15)14(2)11-7-5-4-6-8-11/h3,11,13H,1,4-10H2,2H3. The number of carbonyl (C=O) groups excluding carboxylic acids is 1. The lowest BCUT2D eigenvalue weighted by Crippen LogP contribution is -2.42. The first-order valence-corrected chi connectivity index (χ1v) is 5.83. The van der Waals surface area contributed by atoms with Gasteiger partial charge in [-0.2, -0.15) is 0 Å². The largest absolute Gasteiger partial charge is 0.342 e. The van der Waals surface area contributed by atoms with Gasteiger partial charge in [-0.25, -0.2) is 0 Å². The number of hydrogen-bond acceptors (Lipinski definition) is 2. The number of hydrogen-bond donors (Lipinski definition) is 1. The van der Waals surface area contributed by atoms with Gasteiger partial charge in [-0.3, -0.25) is 4.79 Å². The van der Waals surface area contributed by atoms with Crippen LogP contribution in [0.4, 0.5) is 0 Å². The van der Waals surface area contributed by atoms with Gasteiger partial charge in [-0.15, -0.1) is 6.58 Å². The average molecular weight is 210 g/mol. The molecule has 3 nitrogen and oxygen atoms in total. The first-order chi connectivity index (χ1) is 7.25. The topological polar surface area (TPSA) is 32.3 Å². The molecule has 0 aromatic rings. The quantitative estimate of drug-likeness (QED) is 0.551. The zero-order valence-corrected chi connectivity index (χ0v) is 9.67. The van der Waals surface area contributed by atoms with E-state index in [1.165, 1.54) is 32.1 Å². The highest BCUT2D eigenvalue weighted by atomic mass is 16.2. The molecule has 1 saturated carbocycles. The third-order valence-electron chi connectivity index (χ3n) is 3.08. The summed E-state index contributed by atoms with van der Waals surface area (Å²) in [5.41, 5.74) is 0. The molecule has 1 rings (SSSR count). The van der Waals surface area contributed by atoms with E-state index in [0.29, 0.717) is 19.1 Å². The SMILES string of the molecule is C=CCNCC(=O)N(C)C1CCCCC1. The van der Waals surface area contributed by atoms with E-state index in [2.05, 4.69) is 11.9 Å². The third-order valence-corrected chi connectivity index (χ3v) is 3.08. The summed E-state index contributed by atoms with van der Waals surface area (Å²) in [6, 6.07) is 0.469. The summed E-state index contributed by atoms with van der Waals surface area (Å²) in [5, 5.41) is 3.05. The Balaban J connectivity index is 2.27. The Bertz CT molecular complexity index is 210. The van der Waals surface area contributed by atoms with Crippen molar-refractivity contribution in [2.75, 3.05) is 20.1 Å². The molecule has 1 fully saturated rings. The van der Waals surface area contributed by atoms with Crippen molar-refractivity contribution in [1.82, 2.24) is 10.2 Å². The lowest BCUT2D eigenvalue weighted by atomic mass is 9.94. The van der Waals surface area contributed by atoms with Crippen LogP contribution in [-0.4, -0.2) is 37.0 Å². The molecule has 15 heavy (non-hydrogen) atoms. The van der Waals surface area contributed by atoms with E-state index >= 15 is 0 Å². The zero-order chi connectivity index (χ0) is 11.1. The molecule has 0 radical (unpaired) electrons. The van der Waals surface area contributed by atoms with Crippen LogP contribution >= 0.6 is 0 Å². The van der Waals surface area contributed by atoms with Gasteiger partial charge in [0, 0.05) is 19.6 Å². The molecule has 3 heteroatoms. The maximum Gasteiger partial charge on any atom is 0.236 e. The van der Waals surface area contributed by atoms with Crippen molar-refractivity contribution in [2.45, 2.75) is 38.1 Å². The second-order valence-corrected chi connectivity index (χ2v) is 4.22. The van der Waals surface area contributed by atoms with E-state index in [0.717, 1.165) is 0 Å². The van der Waals surface area contributed by atoms with E-state index in [1.54, 1.807) is 6.08 Å². The maximum absolute atomic E-state index is 11.7. The number of rotatable bonds is 5. The normalized spacial score (nSPS) is 17.4. The van der Waals surface area contributed by atoms with E-state index in [9.17, 15) is 4.79 Å². The van der Waals surface area contributed by atoms with Crippen LogP contribution in [0.15, 0.2) is 12.7 Å². The van der Waals surface area contributed by atoms with E-state index < -0.39 is 0 Å². The lowest BCUT2D eigenvalue weighted by Gasteiger charge is -2.31. The fraction of sp³-hybridized carbons (Fsp3) is 0.750. The molecular formula is C12H22N2O. The van der Waals surface area contributed by atoms with Crippen molar-refractivity contribution in [3.8, 4) is 0 Å². The van der Waals surface area contributed by atoms with Gasteiger partial charge in [0.2, 0.25) is 5.91 Å². The zero-order valence-electron chi connectivity index (χ0n) is 9.67. The summed E-state index contributed by atoms with van der Waals surface area (Å²) in [6.45, 7) is 4.73. The first kappa shape index (κ1) is 12.2. The predicted octanol–water partition coefficient (Wildman–Crippen LogP) is 1.55. The summed E-state index contributed by atoms with van der Waals surface area (Å²) in [7, 11) is 1.92. The summed E-state index contributed by atoms with van der Waals surface area (Å²) < 4.78 is 0. The van der Waals surface area contributed by atoms with E-state index in [4.69, 9.17) is 0 Å². The molecule has 0 aliphatic heterocycles. The van der Waals surface area contributed by atoms with Crippen molar-refractivity contribution in [3.05, 3.63) is 12.7 Å². The van der Waals surface area contributed by atoms with Crippen LogP contribution in [0, 0.1) is 0 Å². The number of nitrogens with one attached hydrogen (secondary N) is 1. The van der Waals surface area contributed by atoms with Crippen LogP contribution in [0.1, 0.15) is 32.1 Å². The van der Waals surface area contributed by atoms with Crippen molar-refractivity contribution in [3.63, 3.8) is 0 Å². The number of carbonyl (C=O) groups is 1. The molecule has 1 N–H and O–H groups in total. The van der Waals surface area contributed by atoms with E-state index in [-0.39, 0.29) is 5.91 Å². The molecule has 0 atom stereocenters. The fourth-order valence-corrected chi connectivity index (χ4v) is 2.08. The molecule has 1 amide bonds. The first-order valence-electron chi connectivity index (χ1n) is 5.83. The van der Waals surface area contributed by atoms with Crippen molar-refractivity contribution < 1.29 is 4.79 Å². The molecule has 0 aromatic carbocycles. The van der Waals surface area contributed by atoms with Crippen molar-refractivity contribution in [1.29, 1.82) is 0 Å². The third kappa shape index (κ3) is 4.04. The Morgan fingerprint density at radius 2 is 2.13 bits per heavy atom. The molecule has 1 aliphatic carbocycles. The minimum absolute atomic E-state index is 0.198. The molecule has 0 aromatic heterocycles. The summed E-state index contributed by atoms with van der Waals surface area (Å²) >= 11 is 0. The van der Waals surface area contributed by atoms with Gasteiger partial charge in [-0.1, -0.05) is 25.3 Å². The average Bonchev–Trinajstić information content (AvgIpc) is 2.29. The highest BCUT2D eigenvalue weighted by Crippen LogP contribution is 2.21. The van der Waals surface area contributed by atoms with Gasteiger partial charge >= 0.3 is 0 Å². The molecule has 0 heterocycles. The van der Waals surface area contributed by atoms with Gasteiger partial charge in [0.25, 0.3) is 0 Å². The Hall–Kier alpha value is -0.830. The Morgan fingerprint density at radius 3 is 2.73 bits per heavy atom. The molecule has 0 bridgehead atoms. The fourth-order valence-electron chi connectivity index (χ4n) is 2.08. The summed E-state index contributed by atoms with van der Waals surface area (Å²) in [4.78, 5) is 13.7. The van der Waals surface area contributed by atoms with Gasteiger partial charge < -0.3 is 10.2 Å². The highest BCUT2D eigenvalue weighted by molar-refractivity contribution is 5.78. The molecule has 1 aliphatic rings. The molecular weight excluding hydrogens is 188 g/mol. The minimum Gasteiger partial charge on any atom is -0.342 e. The Morgan fingerprint density at radius 1 is 1.47 bits per heavy atom. The molecule has 86 valence electrons. The van der Waals surface area contributed by atoms with Crippen LogP contribution in [-0.2, 0) is 4.79 Å². The van der Waals surface area contributed by atoms with Crippen LogP contribution < -0.4 is 5.32 Å². The monoisotopic (exact) mass is 210 g/mol. The lowest BCUT2D eigenvalue weighted by molar-refractivity contribution is -0.131. The van der Waals surface area contributed by atoms with Gasteiger partial charge in [-0.05, 0) is 12.8 Å². The van der Waals surface area contributed by atoms with Gasteiger partial charge in [0.1, 0.15) is 0 Å². The number of nitrogens with zero attached hydrogens (tertiary/aromatic N) is 1. The summed E-state index contributed by atoms with van der Waals surface area (Å²) in [5.74, 6) is 0.198. The molecule has 0 spiro atoms. The minimum atomic E-state index is 0.198. The highest BCUT2D eigenvalue weighted by Gasteiger charge is 2.21. The van der Waals surface area contributed by atoms with Gasteiger partial charge in [0.15, 0.2) is 0 Å². The number of likely N-dealkylation sites (N-methyl/N-ethyl adjacent to an activating group) is 1. The molecule has 0 saturated heterocycles. The van der Waals surface area contributed by atoms with Crippen LogP contribution in [0.2, 0.25) is 0 Å². The predicted molar refractivity (Wildman–Crippen MR) is 62.7 cm³/mol. The summed E-state index contributed by atoms with van der Waals surface area (Å²) in [6.07, 6.45) is 7.97. The number of amides is 1. The smallest absolute Gasteiger partial charge is 0.236 e. The molecule has 0 unspecified atom stereocenters. The van der Waals surface area contributed by atoms with E-state index in [1.807, 2.05) is 11.9 Å². The van der Waals surface area contributed by atoms with Gasteiger partial charge in [0.05, 0.1) is 6.54 Å². The maximum atomic E-state index is 11.7. The van der Waals surface area contributed by atoms with Crippen LogP contribution in [0.25, 0.3) is 0 Å². The second-order valence-electron chi connectivity index (χ2n) is 4.22. The van der Waals surface area contributed by atoms with Crippen LogP contribution in [0.3, 0.4) is 0 Å². The van der Waals surface area contributed by atoms with Crippen molar-refractivity contribution >= 4 is 5.91 Å². The van der Waals surface area contributed by atoms with Crippen molar-refractivity contribution in [2.24, 2.45) is 0 Å². The Kier molecular flexibility index (Phi) is 5.40.